The summed E-state index contributed by atoms with van der Waals surface area (Å²) in [7, 11) is 0. The van der Waals surface area contributed by atoms with E-state index in [1.165, 1.54) is 19.3 Å². The average molecular weight is 153 g/mol. The van der Waals surface area contributed by atoms with Crippen LogP contribution in [-0.2, 0) is 4.79 Å². The third kappa shape index (κ3) is 3.21. The standard InChI is InChI=1S/C9H15NO/c1-9(11)5-8-10-6-3-2-4-7-10/h5,8H,2-4,6-7H2,1H3/b8-5-. The fourth-order valence-corrected chi connectivity index (χ4v) is 1.28. The molecule has 0 spiro atoms. The van der Waals surface area contributed by atoms with Crippen molar-refractivity contribution in [1.82, 2.24) is 4.90 Å². The van der Waals surface area contributed by atoms with Crippen LogP contribution >= 0.6 is 0 Å². The summed E-state index contributed by atoms with van der Waals surface area (Å²) in [6.07, 6.45) is 7.43. The Labute approximate surface area is 67.9 Å². The zero-order valence-corrected chi connectivity index (χ0v) is 7.05. The van der Waals surface area contributed by atoms with Gasteiger partial charge in [0, 0.05) is 19.3 Å². The van der Waals surface area contributed by atoms with Crippen LogP contribution in [0.4, 0.5) is 0 Å². The number of allylic oxidation sites excluding steroid dienone is 1. The maximum atomic E-state index is 10.6. The van der Waals surface area contributed by atoms with Gasteiger partial charge in [-0.05, 0) is 32.3 Å². The summed E-state index contributed by atoms with van der Waals surface area (Å²) in [5.41, 5.74) is 0. The molecule has 2 heteroatoms. The molecule has 0 aromatic heterocycles. The van der Waals surface area contributed by atoms with E-state index in [2.05, 4.69) is 4.90 Å². The monoisotopic (exact) mass is 153 g/mol. The van der Waals surface area contributed by atoms with Gasteiger partial charge < -0.3 is 4.90 Å². The fraction of sp³-hybridized carbons (Fsp3) is 0.667. The van der Waals surface area contributed by atoms with Crippen molar-refractivity contribution in [3.63, 3.8) is 0 Å². The largest absolute Gasteiger partial charge is 0.377 e. The number of carbonyl (C=O) groups excluding carboxylic acids is 1. The molecule has 0 N–H and O–H groups in total. The summed E-state index contributed by atoms with van der Waals surface area (Å²) in [6.45, 7) is 3.81. The second-order valence-electron chi connectivity index (χ2n) is 3.02. The van der Waals surface area contributed by atoms with E-state index >= 15 is 0 Å². The highest BCUT2D eigenvalue weighted by Crippen LogP contribution is 2.08. The Balaban J connectivity index is 2.29. The van der Waals surface area contributed by atoms with Crippen LogP contribution in [0.2, 0.25) is 0 Å². The highest BCUT2D eigenvalue weighted by molar-refractivity contribution is 5.87. The molecule has 1 aliphatic heterocycles. The van der Waals surface area contributed by atoms with Crippen molar-refractivity contribution < 1.29 is 4.79 Å². The maximum Gasteiger partial charge on any atom is 0.154 e. The smallest absolute Gasteiger partial charge is 0.154 e. The molecule has 11 heavy (non-hydrogen) atoms. The summed E-state index contributed by atoms with van der Waals surface area (Å²) < 4.78 is 0. The van der Waals surface area contributed by atoms with Crippen molar-refractivity contribution in [1.29, 1.82) is 0 Å². The third-order valence-electron chi connectivity index (χ3n) is 1.91. The van der Waals surface area contributed by atoms with E-state index in [0.29, 0.717) is 0 Å². The van der Waals surface area contributed by atoms with Crippen LogP contribution in [0.5, 0.6) is 0 Å². The fourth-order valence-electron chi connectivity index (χ4n) is 1.28. The molecule has 0 saturated carbocycles. The first-order valence-corrected chi connectivity index (χ1v) is 4.22. The van der Waals surface area contributed by atoms with E-state index < -0.39 is 0 Å². The minimum Gasteiger partial charge on any atom is -0.377 e. The molecule has 1 fully saturated rings. The Hall–Kier alpha value is -0.790. The maximum absolute atomic E-state index is 10.6. The van der Waals surface area contributed by atoms with Gasteiger partial charge in [0.05, 0.1) is 0 Å². The first-order chi connectivity index (χ1) is 5.29. The van der Waals surface area contributed by atoms with Gasteiger partial charge in [0.25, 0.3) is 0 Å². The van der Waals surface area contributed by atoms with E-state index in [1.807, 2.05) is 6.20 Å². The van der Waals surface area contributed by atoms with Crippen molar-refractivity contribution in [2.24, 2.45) is 0 Å². The first-order valence-electron chi connectivity index (χ1n) is 4.22. The van der Waals surface area contributed by atoms with Gasteiger partial charge >= 0.3 is 0 Å². The molecule has 0 unspecified atom stereocenters. The number of piperidine rings is 1. The summed E-state index contributed by atoms with van der Waals surface area (Å²) in [4.78, 5) is 12.8. The molecule has 0 atom stereocenters. The summed E-state index contributed by atoms with van der Waals surface area (Å²) >= 11 is 0. The van der Waals surface area contributed by atoms with Crippen LogP contribution in [0.25, 0.3) is 0 Å². The van der Waals surface area contributed by atoms with Crippen molar-refractivity contribution in [2.75, 3.05) is 13.1 Å². The van der Waals surface area contributed by atoms with Crippen LogP contribution < -0.4 is 0 Å². The molecule has 62 valence electrons. The molecule has 1 rings (SSSR count). The second kappa shape index (κ2) is 4.16. The number of nitrogens with zero attached hydrogens (tertiary/aromatic N) is 1. The number of rotatable bonds is 2. The Morgan fingerprint density at radius 1 is 1.27 bits per heavy atom. The predicted molar refractivity (Wildman–Crippen MR) is 45.2 cm³/mol. The number of ketones is 1. The van der Waals surface area contributed by atoms with Crippen LogP contribution in [0.1, 0.15) is 26.2 Å². The quantitative estimate of drug-likeness (QED) is 0.561. The Bertz CT molecular complexity index is 157. The molecule has 1 saturated heterocycles. The van der Waals surface area contributed by atoms with Crippen LogP contribution in [0.3, 0.4) is 0 Å². The van der Waals surface area contributed by atoms with Gasteiger partial charge in [0.1, 0.15) is 0 Å². The van der Waals surface area contributed by atoms with Gasteiger partial charge in [-0.1, -0.05) is 0 Å². The molecule has 0 bridgehead atoms. The molecule has 0 aliphatic carbocycles. The van der Waals surface area contributed by atoms with E-state index in [9.17, 15) is 4.79 Å². The summed E-state index contributed by atoms with van der Waals surface area (Å²) in [5, 5.41) is 0. The van der Waals surface area contributed by atoms with Crippen molar-refractivity contribution in [3.05, 3.63) is 12.3 Å². The molecule has 0 aromatic carbocycles. The van der Waals surface area contributed by atoms with E-state index in [4.69, 9.17) is 0 Å². The first kappa shape index (κ1) is 8.31. The minimum absolute atomic E-state index is 0.135. The lowest BCUT2D eigenvalue weighted by Crippen LogP contribution is -2.24. The number of likely N-dealkylation sites (tertiary alicyclic amines) is 1. The van der Waals surface area contributed by atoms with Gasteiger partial charge in [-0.2, -0.15) is 0 Å². The van der Waals surface area contributed by atoms with Crippen LogP contribution in [-0.4, -0.2) is 23.8 Å². The van der Waals surface area contributed by atoms with E-state index in [-0.39, 0.29) is 5.78 Å². The van der Waals surface area contributed by atoms with Crippen LogP contribution in [0.15, 0.2) is 12.3 Å². The number of hydrogen-bond donors (Lipinski definition) is 0. The lowest BCUT2D eigenvalue weighted by atomic mass is 10.1. The van der Waals surface area contributed by atoms with Crippen molar-refractivity contribution >= 4 is 5.78 Å². The van der Waals surface area contributed by atoms with E-state index in [1.54, 1.807) is 13.0 Å². The van der Waals surface area contributed by atoms with Gasteiger partial charge in [-0.15, -0.1) is 0 Å². The normalized spacial score (nSPS) is 19.2. The predicted octanol–water partition coefficient (Wildman–Crippen LogP) is 1.57. The molecular formula is C9H15NO. The zero-order valence-electron chi connectivity index (χ0n) is 7.05. The van der Waals surface area contributed by atoms with Gasteiger partial charge in [0.15, 0.2) is 5.78 Å². The van der Waals surface area contributed by atoms with E-state index in [0.717, 1.165) is 13.1 Å². The number of hydrogen-bond acceptors (Lipinski definition) is 2. The molecule has 0 radical (unpaired) electrons. The topological polar surface area (TPSA) is 20.3 Å². The summed E-state index contributed by atoms with van der Waals surface area (Å²) in [5.74, 6) is 0.135. The lowest BCUT2D eigenvalue weighted by Gasteiger charge is -2.24. The van der Waals surface area contributed by atoms with Crippen molar-refractivity contribution in [3.8, 4) is 0 Å². The van der Waals surface area contributed by atoms with Gasteiger partial charge in [-0.3, -0.25) is 4.79 Å². The average Bonchev–Trinajstić information content (AvgIpc) is 2.03. The zero-order chi connectivity index (χ0) is 8.10. The molecule has 1 aliphatic rings. The Morgan fingerprint density at radius 2 is 1.91 bits per heavy atom. The summed E-state index contributed by atoms with van der Waals surface area (Å²) in [6, 6.07) is 0. The third-order valence-corrected chi connectivity index (χ3v) is 1.91. The SMILES string of the molecule is CC(=O)/C=C\N1CCCCC1. The highest BCUT2D eigenvalue weighted by atomic mass is 16.1. The Kier molecular flexibility index (Phi) is 3.14. The second-order valence-corrected chi connectivity index (χ2v) is 3.02. The highest BCUT2D eigenvalue weighted by Gasteiger charge is 2.04. The number of carbonyl (C=O) groups is 1. The molecule has 1 heterocycles. The van der Waals surface area contributed by atoms with Crippen LogP contribution in [0, 0.1) is 0 Å². The van der Waals surface area contributed by atoms with Crippen molar-refractivity contribution in [2.45, 2.75) is 26.2 Å². The lowest BCUT2D eigenvalue weighted by molar-refractivity contribution is -0.112. The molecule has 0 amide bonds. The van der Waals surface area contributed by atoms with Gasteiger partial charge in [0.2, 0.25) is 0 Å². The minimum atomic E-state index is 0.135. The van der Waals surface area contributed by atoms with Gasteiger partial charge in [-0.25, -0.2) is 0 Å². The molecular weight excluding hydrogens is 138 g/mol. The molecule has 0 aromatic rings. The Morgan fingerprint density at radius 3 is 2.45 bits per heavy atom. The molecule has 2 nitrogen and oxygen atoms in total.